The Labute approximate surface area is 140 Å². The van der Waals surface area contributed by atoms with Crippen molar-refractivity contribution in [3.8, 4) is 5.75 Å². The van der Waals surface area contributed by atoms with Crippen LogP contribution in [0.15, 0.2) is 18.2 Å². The molecular formula is C17H21N5O2. The van der Waals surface area contributed by atoms with Gasteiger partial charge in [-0.25, -0.2) is 9.67 Å². The molecule has 4 rings (SSSR count). The summed E-state index contributed by atoms with van der Waals surface area (Å²) in [6.07, 6.45) is 1.36. The number of ether oxygens (including phenoxy) is 1. The highest BCUT2D eigenvalue weighted by atomic mass is 16.5. The van der Waals surface area contributed by atoms with Crippen molar-refractivity contribution in [2.45, 2.75) is 38.4 Å². The van der Waals surface area contributed by atoms with Crippen LogP contribution in [-0.2, 0) is 29.8 Å². The third-order valence-electron chi connectivity index (χ3n) is 5.04. The maximum absolute atomic E-state index is 13.2. The van der Waals surface area contributed by atoms with Crippen LogP contribution in [0.4, 0.5) is 0 Å². The van der Waals surface area contributed by atoms with Gasteiger partial charge in [-0.2, -0.15) is 5.10 Å². The molecule has 2 heterocycles. The van der Waals surface area contributed by atoms with Gasteiger partial charge < -0.3 is 15.4 Å². The van der Waals surface area contributed by atoms with E-state index in [1.54, 1.807) is 12.0 Å². The molecule has 1 amide bonds. The van der Waals surface area contributed by atoms with Gasteiger partial charge in [0.2, 0.25) is 5.91 Å². The van der Waals surface area contributed by atoms with Crippen molar-refractivity contribution < 1.29 is 9.53 Å². The zero-order valence-electron chi connectivity index (χ0n) is 14.0. The Hall–Kier alpha value is -2.41. The lowest BCUT2D eigenvalue weighted by Gasteiger charge is -2.34. The Morgan fingerprint density at radius 3 is 3.00 bits per heavy atom. The number of methoxy groups -OCH3 is 1. The first-order valence-electron chi connectivity index (χ1n) is 8.18. The maximum atomic E-state index is 13.2. The summed E-state index contributed by atoms with van der Waals surface area (Å²) in [5.41, 5.74) is 7.55. The summed E-state index contributed by atoms with van der Waals surface area (Å²) in [4.78, 5) is 19.4. The topological polar surface area (TPSA) is 86.3 Å². The fourth-order valence-corrected chi connectivity index (χ4v) is 3.83. The number of carbonyl (C=O) groups excluding carboxylic acids is 1. The fraction of sp³-hybridized carbons (Fsp3) is 0.471. The Kier molecular flexibility index (Phi) is 3.35. The molecule has 2 aromatic rings. The van der Waals surface area contributed by atoms with E-state index >= 15 is 0 Å². The van der Waals surface area contributed by atoms with E-state index in [-0.39, 0.29) is 5.91 Å². The summed E-state index contributed by atoms with van der Waals surface area (Å²) in [7, 11) is 1.65. The summed E-state index contributed by atoms with van der Waals surface area (Å²) < 4.78 is 7.29. The summed E-state index contributed by atoms with van der Waals surface area (Å²) in [5, 5.41) is 4.34. The SMILES string of the molecule is COc1cccc2c1CCC2(N)C(=O)N1CCn2nc(C)nc2C1. The van der Waals surface area contributed by atoms with E-state index in [1.165, 1.54) is 0 Å². The van der Waals surface area contributed by atoms with Crippen LogP contribution in [0.2, 0.25) is 0 Å². The molecule has 1 aromatic carbocycles. The van der Waals surface area contributed by atoms with E-state index in [4.69, 9.17) is 10.5 Å². The van der Waals surface area contributed by atoms with Crippen molar-refractivity contribution >= 4 is 5.91 Å². The summed E-state index contributed by atoms with van der Waals surface area (Å²) >= 11 is 0. The van der Waals surface area contributed by atoms with Crippen LogP contribution in [-0.4, -0.2) is 39.2 Å². The maximum Gasteiger partial charge on any atom is 0.247 e. The van der Waals surface area contributed by atoms with E-state index in [9.17, 15) is 4.79 Å². The lowest BCUT2D eigenvalue weighted by atomic mass is 9.91. The minimum Gasteiger partial charge on any atom is -0.496 e. The van der Waals surface area contributed by atoms with Crippen molar-refractivity contribution in [2.75, 3.05) is 13.7 Å². The van der Waals surface area contributed by atoms with Gasteiger partial charge in [-0.3, -0.25) is 4.79 Å². The van der Waals surface area contributed by atoms with Crippen LogP contribution in [0.3, 0.4) is 0 Å². The van der Waals surface area contributed by atoms with Crippen molar-refractivity contribution in [3.63, 3.8) is 0 Å². The molecule has 0 fully saturated rings. The molecule has 7 nitrogen and oxygen atoms in total. The van der Waals surface area contributed by atoms with Crippen molar-refractivity contribution in [2.24, 2.45) is 5.73 Å². The molecule has 0 saturated carbocycles. The molecule has 1 aromatic heterocycles. The Balaban J connectivity index is 1.65. The van der Waals surface area contributed by atoms with E-state index in [0.29, 0.717) is 26.1 Å². The van der Waals surface area contributed by atoms with Crippen LogP contribution in [0, 0.1) is 6.92 Å². The summed E-state index contributed by atoms with van der Waals surface area (Å²) in [6, 6.07) is 5.76. The van der Waals surface area contributed by atoms with Crippen LogP contribution in [0.5, 0.6) is 5.75 Å². The molecule has 2 aliphatic rings. The minimum absolute atomic E-state index is 0.0404. The van der Waals surface area contributed by atoms with Gasteiger partial charge >= 0.3 is 0 Å². The van der Waals surface area contributed by atoms with Crippen LogP contribution >= 0.6 is 0 Å². The predicted molar refractivity (Wildman–Crippen MR) is 87.4 cm³/mol. The normalized spacial score (nSPS) is 22.2. The molecule has 7 heteroatoms. The van der Waals surface area contributed by atoms with Crippen LogP contribution < -0.4 is 10.5 Å². The molecule has 1 atom stereocenters. The number of hydrogen-bond donors (Lipinski definition) is 1. The number of aromatic nitrogens is 3. The zero-order chi connectivity index (χ0) is 16.9. The number of nitrogens with two attached hydrogens (primary N) is 1. The van der Waals surface area contributed by atoms with E-state index < -0.39 is 5.54 Å². The molecule has 1 aliphatic heterocycles. The van der Waals surface area contributed by atoms with Gasteiger partial charge in [-0.1, -0.05) is 12.1 Å². The number of hydrogen-bond acceptors (Lipinski definition) is 5. The van der Waals surface area contributed by atoms with E-state index in [2.05, 4.69) is 10.1 Å². The number of amides is 1. The Bertz CT molecular complexity index is 815. The van der Waals surface area contributed by atoms with Gasteiger partial charge in [0.15, 0.2) is 0 Å². The standard InChI is InChI=1S/C17H21N5O2/c1-11-19-15-10-21(8-9-22(15)20-11)16(23)17(18)7-6-12-13(17)4-3-5-14(12)24-2/h3-5H,6-10,18H2,1-2H3. The average Bonchev–Trinajstić information content (AvgIpc) is 3.13. The lowest BCUT2D eigenvalue weighted by Crippen LogP contribution is -2.53. The molecule has 24 heavy (non-hydrogen) atoms. The molecule has 0 saturated heterocycles. The molecule has 1 aliphatic carbocycles. The number of fused-ring (bicyclic) bond motifs is 2. The quantitative estimate of drug-likeness (QED) is 0.879. The second kappa shape index (κ2) is 5.31. The van der Waals surface area contributed by atoms with E-state index in [1.807, 2.05) is 29.8 Å². The minimum atomic E-state index is -0.985. The molecular weight excluding hydrogens is 306 g/mol. The predicted octanol–water partition coefficient (Wildman–Crippen LogP) is 0.738. The molecule has 1 unspecified atom stereocenters. The van der Waals surface area contributed by atoms with Gasteiger partial charge in [0.05, 0.1) is 20.2 Å². The monoisotopic (exact) mass is 327 g/mol. The molecule has 126 valence electrons. The second-order valence-corrected chi connectivity index (χ2v) is 6.48. The summed E-state index contributed by atoms with van der Waals surface area (Å²) in [6.45, 7) is 3.58. The number of rotatable bonds is 2. The first kappa shape index (κ1) is 15.1. The van der Waals surface area contributed by atoms with Gasteiger partial charge in [-0.15, -0.1) is 0 Å². The molecule has 0 bridgehead atoms. The third-order valence-corrected chi connectivity index (χ3v) is 5.04. The highest BCUT2D eigenvalue weighted by molar-refractivity contribution is 5.89. The lowest BCUT2D eigenvalue weighted by molar-refractivity contribution is -0.139. The number of nitrogens with zero attached hydrogens (tertiary/aromatic N) is 4. The molecule has 0 radical (unpaired) electrons. The highest BCUT2D eigenvalue weighted by Crippen LogP contribution is 2.41. The first-order valence-corrected chi connectivity index (χ1v) is 8.18. The zero-order valence-corrected chi connectivity index (χ0v) is 14.0. The highest BCUT2D eigenvalue weighted by Gasteiger charge is 2.45. The van der Waals surface area contributed by atoms with Crippen molar-refractivity contribution in [1.29, 1.82) is 0 Å². The number of carbonyl (C=O) groups is 1. The largest absolute Gasteiger partial charge is 0.496 e. The van der Waals surface area contributed by atoms with Gasteiger partial charge in [0, 0.05) is 6.54 Å². The molecule has 2 N–H and O–H groups in total. The third kappa shape index (κ3) is 2.11. The van der Waals surface area contributed by atoms with Gasteiger partial charge in [0.1, 0.15) is 22.9 Å². The first-order chi connectivity index (χ1) is 11.5. The molecule has 0 spiro atoms. The fourth-order valence-electron chi connectivity index (χ4n) is 3.83. The van der Waals surface area contributed by atoms with Crippen molar-refractivity contribution in [3.05, 3.63) is 41.0 Å². The van der Waals surface area contributed by atoms with Gasteiger partial charge in [0.25, 0.3) is 0 Å². The van der Waals surface area contributed by atoms with Gasteiger partial charge in [-0.05, 0) is 37.0 Å². The summed E-state index contributed by atoms with van der Waals surface area (Å²) in [5.74, 6) is 2.32. The smallest absolute Gasteiger partial charge is 0.247 e. The van der Waals surface area contributed by atoms with Crippen LogP contribution in [0.25, 0.3) is 0 Å². The van der Waals surface area contributed by atoms with Crippen molar-refractivity contribution in [1.82, 2.24) is 19.7 Å². The average molecular weight is 327 g/mol. The number of aryl methyl sites for hydroxylation is 1. The number of benzene rings is 1. The Morgan fingerprint density at radius 2 is 2.21 bits per heavy atom. The Morgan fingerprint density at radius 1 is 1.38 bits per heavy atom. The second-order valence-electron chi connectivity index (χ2n) is 6.48. The van der Waals surface area contributed by atoms with Crippen LogP contribution in [0.1, 0.15) is 29.2 Å². The van der Waals surface area contributed by atoms with E-state index in [0.717, 1.165) is 34.9 Å².